The first-order valence-electron chi connectivity index (χ1n) is 5.82. The van der Waals surface area contributed by atoms with Gasteiger partial charge in [0.15, 0.2) is 0 Å². The summed E-state index contributed by atoms with van der Waals surface area (Å²) in [6, 6.07) is 1.26. The number of rotatable bonds is 6. The maximum absolute atomic E-state index is 4.04. The Morgan fingerprint density at radius 2 is 1.87 bits per heavy atom. The van der Waals surface area contributed by atoms with Gasteiger partial charge in [-0.3, -0.25) is 4.90 Å². The van der Waals surface area contributed by atoms with E-state index in [0.29, 0.717) is 12.1 Å². The highest BCUT2D eigenvalue weighted by atomic mass is 15.2. The molecule has 0 atom stereocenters. The van der Waals surface area contributed by atoms with Gasteiger partial charge in [0.25, 0.3) is 0 Å². The number of aryl methyl sites for hydroxylation is 1. The molecule has 0 radical (unpaired) electrons. The van der Waals surface area contributed by atoms with Crippen LogP contribution in [-0.4, -0.2) is 33.1 Å². The molecule has 0 fully saturated rings. The van der Waals surface area contributed by atoms with Gasteiger partial charge in [0, 0.05) is 37.6 Å². The number of nitrogens with zero attached hydrogens (tertiary/aromatic N) is 3. The van der Waals surface area contributed by atoms with E-state index in [1.165, 1.54) is 6.42 Å². The lowest BCUT2D eigenvalue weighted by molar-refractivity contribution is 0.170. The minimum atomic E-state index is 0.632. The Kier molecular flexibility index (Phi) is 4.82. The quantitative estimate of drug-likeness (QED) is 0.717. The van der Waals surface area contributed by atoms with Gasteiger partial charge in [0.05, 0.1) is 6.33 Å². The Bertz CT molecular complexity index is 244. The highest BCUT2D eigenvalue weighted by Crippen LogP contribution is 2.06. The molecule has 3 nitrogen and oxygen atoms in total. The molecule has 15 heavy (non-hydrogen) atoms. The Morgan fingerprint density at radius 3 is 2.33 bits per heavy atom. The molecule has 1 heterocycles. The summed E-state index contributed by atoms with van der Waals surface area (Å²) in [6.45, 7) is 11.3. The van der Waals surface area contributed by atoms with Gasteiger partial charge in [-0.25, -0.2) is 4.98 Å². The molecule has 0 aromatic carbocycles. The van der Waals surface area contributed by atoms with E-state index in [4.69, 9.17) is 0 Å². The number of aromatic nitrogens is 2. The van der Waals surface area contributed by atoms with Crippen LogP contribution in [0.25, 0.3) is 0 Å². The Labute approximate surface area is 93.1 Å². The molecule has 1 aromatic rings. The average molecular weight is 209 g/mol. The van der Waals surface area contributed by atoms with Crippen LogP contribution in [0.5, 0.6) is 0 Å². The summed E-state index contributed by atoms with van der Waals surface area (Å²) in [5.41, 5.74) is 0. The van der Waals surface area contributed by atoms with Crippen LogP contribution >= 0.6 is 0 Å². The molecule has 1 aromatic heterocycles. The molecule has 0 spiro atoms. The summed E-state index contributed by atoms with van der Waals surface area (Å²) in [6.07, 6.45) is 6.93. The van der Waals surface area contributed by atoms with Gasteiger partial charge in [-0.15, -0.1) is 0 Å². The van der Waals surface area contributed by atoms with Crippen molar-refractivity contribution in [1.82, 2.24) is 14.5 Å². The predicted octanol–water partition coefficient (Wildman–Crippen LogP) is 2.39. The first-order chi connectivity index (χ1) is 7.11. The standard InChI is InChI=1S/C12H23N3/c1-11(2)15(12(3)4)8-5-7-14-9-6-13-10-14/h6,9-12H,5,7-8H2,1-4H3. The van der Waals surface area contributed by atoms with Gasteiger partial charge < -0.3 is 4.57 Å². The molecule has 0 amide bonds. The molecule has 0 N–H and O–H groups in total. The monoisotopic (exact) mass is 209 g/mol. The van der Waals surface area contributed by atoms with Crippen molar-refractivity contribution >= 4 is 0 Å². The molecule has 0 saturated carbocycles. The molecular formula is C12H23N3. The largest absolute Gasteiger partial charge is 0.337 e. The zero-order valence-corrected chi connectivity index (χ0v) is 10.3. The van der Waals surface area contributed by atoms with E-state index in [1.54, 1.807) is 0 Å². The minimum absolute atomic E-state index is 0.632. The molecule has 0 saturated heterocycles. The molecule has 86 valence electrons. The predicted molar refractivity (Wildman–Crippen MR) is 63.8 cm³/mol. The molecule has 0 unspecified atom stereocenters. The van der Waals surface area contributed by atoms with E-state index in [9.17, 15) is 0 Å². The smallest absolute Gasteiger partial charge is 0.0945 e. The zero-order valence-electron chi connectivity index (χ0n) is 10.3. The fourth-order valence-electron chi connectivity index (χ4n) is 1.97. The second-order valence-electron chi connectivity index (χ2n) is 4.58. The van der Waals surface area contributed by atoms with E-state index >= 15 is 0 Å². The number of imidazole rings is 1. The zero-order chi connectivity index (χ0) is 11.3. The van der Waals surface area contributed by atoms with E-state index in [0.717, 1.165) is 13.1 Å². The molecule has 0 aliphatic heterocycles. The van der Waals surface area contributed by atoms with Crippen molar-refractivity contribution in [2.45, 2.75) is 52.7 Å². The normalized spacial score (nSPS) is 11.9. The van der Waals surface area contributed by atoms with E-state index < -0.39 is 0 Å². The molecule has 1 rings (SSSR count). The number of hydrogen-bond donors (Lipinski definition) is 0. The van der Waals surface area contributed by atoms with E-state index in [1.807, 2.05) is 18.7 Å². The van der Waals surface area contributed by atoms with Crippen molar-refractivity contribution in [3.63, 3.8) is 0 Å². The van der Waals surface area contributed by atoms with Crippen molar-refractivity contribution in [3.05, 3.63) is 18.7 Å². The van der Waals surface area contributed by atoms with Crippen LogP contribution in [0.4, 0.5) is 0 Å². The molecule has 0 aliphatic carbocycles. The lowest BCUT2D eigenvalue weighted by Gasteiger charge is -2.30. The Hall–Kier alpha value is -0.830. The van der Waals surface area contributed by atoms with Gasteiger partial charge >= 0.3 is 0 Å². The summed E-state index contributed by atoms with van der Waals surface area (Å²) in [5.74, 6) is 0. The van der Waals surface area contributed by atoms with Crippen LogP contribution in [-0.2, 0) is 6.54 Å². The lowest BCUT2D eigenvalue weighted by Crippen LogP contribution is -2.38. The van der Waals surface area contributed by atoms with Crippen molar-refractivity contribution in [2.75, 3.05) is 6.54 Å². The first kappa shape index (κ1) is 12.2. The fraction of sp³-hybridized carbons (Fsp3) is 0.750. The maximum Gasteiger partial charge on any atom is 0.0945 e. The number of hydrogen-bond acceptors (Lipinski definition) is 2. The van der Waals surface area contributed by atoms with Crippen molar-refractivity contribution in [2.24, 2.45) is 0 Å². The van der Waals surface area contributed by atoms with Gasteiger partial charge in [-0.2, -0.15) is 0 Å². The summed E-state index contributed by atoms with van der Waals surface area (Å²) in [7, 11) is 0. The van der Waals surface area contributed by atoms with Crippen LogP contribution in [0.1, 0.15) is 34.1 Å². The highest BCUT2D eigenvalue weighted by Gasteiger charge is 2.11. The van der Waals surface area contributed by atoms with Gasteiger partial charge in [-0.1, -0.05) is 0 Å². The SMILES string of the molecule is CC(C)N(CCCn1ccnc1)C(C)C. The van der Waals surface area contributed by atoms with Crippen LogP contribution in [0.2, 0.25) is 0 Å². The van der Waals surface area contributed by atoms with Gasteiger partial charge in [0.1, 0.15) is 0 Å². The van der Waals surface area contributed by atoms with E-state index in [2.05, 4.69) is 42.1 Å². The third-order valence-corrected chi connectivity index (χ3v) is 2.72. The van der Waals surface area contributed by atoms with Crippen LogP contribution in [0, 0.1) is 0 Å². The topological polar surface area (TPSA) is 21.1 Å². The summed E-state index contributed by atoms with van der Waals surface area (Å²) < 4.78 is 2.14. The molecular weight excluding hydrogens is 186 g/mol. The molecule has 0 bridgehead atoms. The second kappa shape index (κ2) is 5.91. The van der Waals surface area contributed by atoms with Gasteiger partial charge in [-0.05, 0) is 34.1 Å². The minimum Gasteiger partial charge on any atom is -0.337 e. The lowest BCUT2D eigenvalue weighted by atomic mass is 10.2. The Morgan fingerprint density at radius 1 is 1.20 bits per heavy atom. The third-order valence-electron chi connectivity index (χ3n) is 2.72. The van der Waals surface area contributed by atoms with Crippen molar-refractivity contribution in [1.29, 1.82) is 0 Å². The summed E-state index contributed by atoms with van der Waals surface area (Å²) in [4.78, 5) is 6.56. The second-order valence-corrected chi connectivity index (χ2v) is 4.58. The van der Waals surface area contributed by atoms with E-state index in [-0.39, 0.29) is 0 Å². The fourth-order valence-corrected chi connectivity index (χ4v) is 1.97. The highest BCUT2D eigenvalue weighted by molar-refractivity contribution is 4.74. The van der Waals surface area contributed by atoms with Gasteiger partial charge in [0.2, 0.25) is 0 Å². The van der Waals surface area contributed by atoms with Crippen molar-refractivity contribution < 1.29 is 0 Å². The Balaban J connectivity index is 2.28. The molecule has 3 heteroatoms. The van der Waals surface area contributed by atoms with Crippen LogP contribution in [0.15, 0.2) is 18.7 Å². The summed E-state index contributed by atoms with van der Waals surface area (Å²) >= 11 is 0. The molecule has 0 aliphatic rings. The third kappa shape index (κ3) is 4.04. The van der Waals surface area contributed by atoms with Crippen LogP contribution < -0.4 is 0 Å². The van der Waals surface area contributed by atoms with Crippen molar-refractivity contribution in [3.8, 4) is 0 Å². The average Bonchev–Trinajstić information content (AvgIpc) is 2.63. The first-order valence-corrected chi connectivity index (χ1v) is 5.82. The van der Waals surface area contributed by atoms with Crippen LogP contribution in [0.3, 0.4) is 0 Å². The maximum atomic E-state index is 4.04. The summed E-state index contributed by atoms with van der Waals surface area (Å²) in [5, 5.41) is 0.